The van der Waals surface area contributed by atoms with E-state index in [1.54, 1.807) is 12.1 Å². The van der Waals surface area contributed by atoms with Gasteiger partial charge in [0.05, 0.1) is 4.92 Å². The molecule has 1 aliphatic rings. The van der Waals surface area contributed by atoms with Crippen LogP contribution in [0.4, 0.5) is 11.4 Å². The van der Waals surface area contributed by atoms with E-state index in [-0.39, 0.29) is 17.3 Å². The first kappa shape index (κ1) is 12.3. The van der Waals surface area contributed by atoms with Gasteiger partial charge in [-0.1, -0.05) is 24.3 Å². The van der Waals surface area contributed by atoms with Gasteiger partial charge in [-0.25, -0.2) is 0 Å². The molecule has 0 unspecified atom stereocenters. The minimum atomic E-state index is -0.466. The fraction of sp³-hybridized carbons (Fsp3) is 0.133. The molecule has 1 N–H and O–H groups in total. The molecule has 100 valence electrons. The molecular formula is C15H12N2O3. The lowest BCUT2D eigenvalue weighted by molar-refractivity contribution is -0.383. The molecule has 0 radical (unpaired) electrons. The molecule has 0 bridgehead atoms. The number of nitro groups is 1. The van der Waals surface area contributed by atoms with E-state index in [1.165, 1.54) is 6.92 Å². The Hall–Kier alpha value is -2.69. The van der Waals surface area contributed by atoms with Crippen LogP contribution in [0.15, 0.2) is 36.4 Å². The van der Waals surface area contributed by atoms with Crippen LogP contribution in [0.3, 0.4) is 0 Å². The van der Waals surface area contributed by atoms with E-state index in [4.69, 9.17) is 0 Å². The van der Waals surface area contributed by atoms with Crippen LogP contribution in [0.1, 0.15) is 18.1 Å². The zero-order valence-electron chi connectivity index (χ0n) is 10.8. The number of hydrogen-bond donors (Lipinski definition) is 1. The summed E-state index contributed by atoms with van der Waals surface area (Å²) in [5.41, 5.74) is 4.24. The Morgan fingerprint density at radius 3 is 2.65 bits per heavy atom. The third-order valence-electron chi connectivity index (χ3n) is 3.42. The quantitative estimate of drug-likeness (QED) is 0.573. The van der Waals surface area contributed by atoms with Gasteiger partial charge in [0.25, 0.3) is 5.69 Å². The summed E-state index contributed by atoms with van der Waals surface area (Å²) >= 11 is 0. The second-order valence-electron chi connectivity index (χ2n) is 4.80. The van der Waals surface area contributed by atoms with Crippen molar-refractivity contribution in [3.05, 3.63) is 57.6 Å². The van der Waals surface area contributed by atoms with Crippen LogP contribution in [0.25, 0.3) is 11.1 Å². The van der Waals surface area contributed by atoms with Gasteiger partial charge in [-0.3, -0.25) is 14.9 Å². The van der Waals surface area contributed by atoms with E-state index in [2.05, 4.69) is 5.32 Å². The topological polar surface area (TPSA) is 72.2 Å². The van der Waals surface area contributed by atoms with Gasteiger partial charge in [0.15, 0.2) is 0 Å². The van der Waals surface area contributed by atoms with Crippen molar-refractivity contribution in [1.29, 1.82) is 0 Å². The molecule has 3 rings (SSSR count). The number of rotatable bonds is 2. The number of anilines is 1. The normalized spacial score (nSPS) is 11.7. The number of hydrogen-bond acceptors (Lipinski definition) is 3. The largest absolute Gasteiger partial charge is 0.321 e. The van der Waals surface area contributed by atoms with Crippen LogP contribution in [-0.4, -0.2) is 10.8 Å². The molecule has 0 fully saturated rings. The summed E-state index contributed by atoms with van der Waals surface area (Å²) in [4.78, 5) is 21.9. The Kier molecular flexibility index (Phi) is 2.75. The van der Waals surface area contributed by atoms with Gasteiger partial charge in [0.1, 0.15) is 5.69 Å². The number of fused-ring (bicyclic) bond motifs is 3. The molecule has 2 aromatic carbocycles. The molecule has 0 heterocycles. The molecule has 20 heavy (non-hydrogen) atoms. The zero-order chi connectivity index (χ0) is 14.3. The summed E-state index contributed by atoms with van der Waals surface area (Å²) in [6.07, 6.45) is 0.732. The molecule has 0 saturated heterocycles. The Morgan fingerprint density at radius 2 is 1.95 bits per heavy atom. The number of benzene rings is 2. The van der Waals surface area contributed by atoms with Gasteiger partial charge in [-0.15, -0.1) is 0 Å². The molecule has 0 aromatic heterocycles. The van der Waals surface area contributed by atoms with Gasteiger partial charge >= 0.3 is 0 Å². The van der Waals surface area contributed by atoms with E-state index in [9.17, 15) is 14.9 Å². The van der Waals surface area contributed by atoms with Crippen LogP contribution < -0.4 is 5.32 Å². The Bertz CT molecular complexity index is 738. The Morgan fingerprint density at radius 1 is 1.20 bits per heavy atom. The second-order valence-corrected chi connectivity index (χ2v) is 4.80. The smallest absolute Gasteiger partial charge is 0.293 e. The first-order chi connectivity index (χ1) is 9.56. The maximum absolute atomic E-state index is 11.2. The SMILES string of the molecule is CC(=O)Nc1cc2c(cc1[N+](=O)[O-])-c1ccccc1C2. The third kappa shape index (κ3) is 1.93. The average molecular weight is 268 g/mol. The van der Waals surface area contributed by atoms with Crippen LogP contribution in [0.2, 0.25) is 0 Å². The summed E-state index contributed by atoms with van der Waals surface area (Å²) in [5, 5.41) is 13.7. The zero-order valence-corrected chi connectivity index (χ0v) is 10.8. The van der Waals surface area contributed by atoms with Crippen molar-refractivity contribution >= 4 is 17.3 Å². The molecule has 2 aromatic rings. The first-order valence-corrected chi connectivity index (χ1v) is 6.23. The van der Waals surface area contributed by atoms with Crippen molar-refractivity contribution in [1.82, 2.24) is 0 Å². The fourth-order valence-electron chi connectivity index (χ4n) is 2.61. The van der Waals surface area contributed by atoms with Gasteiger partial charge < -0.3 is 5.32 Å². The van der Waals surface area contributed by atoms with Crippen molar-refractivity contribution in [2.24, 2.45) is 0 Å². The van der Waals surface area contributed by atoms with E-state index in [0.29, 0.717) is 0 Å². The number of carbonyl (C=O) groups excluding carboxylic acids is 1. The number of nitro benzene ring substituents is 1. The number of amides is 1. The highest BCUT2D eigenvalue weighted by molar-refractivity contribution is 5.93. The Balaban J connectivity index is 2.18. The van der Waals surface area contributed by atoms with Crippen molar-refractivity contribution in [3.8, 4) is 11.1 Å². The number of carbonyl (C=O) groups is 1. The summed E-state index contributed by atoms with van der Waals surface area (Å²) in [6.45, 7) is 1.34. The summed E-state index contributed by atoms with van der Waals surface area (Å²) in [6, 6.07) is 11.1. The van der Waals surface area contributed by atoms with Gasteiger partial charge in [0, 0.05) is 13.0 Å². The lowest BCUT2D eigenvalue weighted by atomic mass is 10.0. The maximum Gasteiger partial charge on any atom is 0.293 e. The summed E-state index contributed by atoms with van der Waals surface area (Å²) in [7, 11) is 0. The lowest BCUT2D eigenvalue weighted by Crippen LogP contribution is -2.08. The maximum atomic E-state index is 11.2. The molecule has 1 aliphatic carbocycles. The molecule has 0 aliphatic heterocycles. The second kappa shape index (κ2) is 4.45. The van der Waals surface area contributed by atoms with Gasteiger partial charge in [0.2, 0.25) is 5.91 Å². The van der Waals surface area contributed by atoms with Crippen LogP contribution >= 0.6 is 0 Å². The predicted octanol–water partition coefficient (Wildman–Crippen LogP) is 3.12. The third-order valence-corrected chi connectivity index (χ3v) is 3.42. The van der Waals surface area contributed by atoms with Crippen molar-refractivity contribution in [2.45, 2.75) is 13.3 Å². The average Bonchev–Trinajstić information content (AvgIpc) is 2.74. The number of nitrogens with one attached hydrogen (secondary N) is 1. The summed E-state index contributed by atoms with van der Waals surface area (Å²) < 4.78 is 0. The highest BCUT2D eigenvalue weighted by Crippen LogP contribution is 2.41. The van der Waals surface area contributed by atoms with E-state index >= 15 is 0 Å². The highest BCUT2D eigenvalue weighted by Gasteiger charge is 2.24. The van der Waals surface area contributed by atoms with E-state index in [0.717, 1.165) is 28.7 Å². The molecule has 0 saturated carbocycles. The van der Waals surface area contributed by atoms with Gasteiger partial charge in [-0.2, -0.15) is 0 Å². The van der Waals surface area contributed by atoms with Crippen LogP contribution in [-0.2, 0) is 11.2 Å². The summed E-state index contributed by atoms with van der Waals surface area (Å²) in [5.74, 6) is -0.316. The highest BCUT2D eigenvalue weighted by atomic mass is 16.6. The van der Waals surface area contributed by atoms with E-state index in [1.807, 2.05) is 24.3 Å². The minimum Gasteiger partial charge on any atom is -0.321 e. The van der Waals surface area contributed by atoms with Gasteiger partial charge in [-0.05, 0) is 34.7 Å². The lowest BCUT2D eigenvalue weighted by Gasteiger charge is -2.07. The minimum absolute atomic E-state index is 0.0735. The van der Waals surface area contributed by atoms with E-state index < -0.39 is 4.92 Å². The molecule has 0 spiro atoms. The monoisotopic (exact) mass is 268 g/mol. The van der Waals surface area contributed by atoms with Crippen molar-refractivity contribution < 1.29 is 9.72 Å². The standard InChI is InChI=1S/C15H12N2O3/c1-9(18)16-14-7-11-6-10-4-2-3-5-12(10)13(11)8-15(14)17(19)20/h2-5,7-8H,6H2,1H3,(H,16,18). The predicted molar refractivity (Wildman–Crippen MR) is 75.6 cm³/mol. The molecule has 5 nitrogen and oxygen atoms in total. The molecular weight excluding hydrogens is 256 g/mol. The van der Waals surface area contributed by atoms with Crippen molar-refractivity contribution in [2.75, 3.05) is 5.32 Å². The molecule has 0 atom stereocenters. The van der Waals surface area contributed by atoms with Crippen molar-refractivity contribution in [3.63, 3.8) is 0 Å². The molecule has 1 amide bonds. The van der Waals surface area contributed by atoms with Crippen LogP contribution in [0.5, 0.6) is 0 Å². The first-order valence-electron chi connectivity index (χ1n) is 6.23. The number of nitrogens with zero attached hydrogens (tertiary/aromatic N) is 1. The fourth-order valence-corrected chi connectivity index (χ4v) is 2.61. The van der Waals surface area contributed by atoms with Crippen LogP contribution in [0, 0.1) is 10.1 Å². The molecule has 5 heteroatoms. The Labute approximate surface area is 115 Å².